The normalized spacial score (nSPS) is 36.2. The molecule has 0 radical (unpaired) electrons. The molecule has 0 amide bonds. The summed E-state index contributed by atoms with van der Waals surface area (Å²) in [5.74, 6) is -0.762. The SMILES string of the molecule is C=C(C(=O)OCC)[C@@H]1O[C@H](CO)[C@H](O)[C@H](O)[C@H]1O. The Bertz CT molecular complexity index is 315. The second-order valence-corrected chi connectivity index (χ2v) is 4.00. The van der Waals surface area contributed by atoms with E-state index in [4.69, 9.17) is 14.6 Å². The van der Waals surface area contributed by atoms with Gasteiger partial charge in [-0.15, -0.1) is 0 Å². The van der Waals surface area contributed by atoms with Gasteiger partial charge in [-0.05, 0) is 6.92 Å². The summed E-state index contributed by atoms with van der Waals surface area (Å²) in [6.07, 6.45) is -6.80. The van der Waals surface area contributed by atoms with Gasteiger partial charge in [0.05, 0.1) is 18.8 Å². The van der Waals surface area contributed by atoms with E-state index in [0.29, 0.717) is 0 Å². The quantitative estimate of drug-likeness (QED) is 0.340. The number of hydrogen-bond acceptors (Lipinski definition) is 7. The Kier molecular flexibility index (Phi) is 5.24. The van der Waals surface area contributed by atoms with Crippen LogP contribution < -0.4 is 0 Å². The highest BCUT2D eigenvalue weighted by molar-refractivity contribution is 5.89. The van der Waals surface area contributed by atoms with E-state index < -0.39 is 43.1 Å². The zero-order valence-electron chi connectivity index (χ0n) is 10.0. The lowest BCUT2D eigenvalue weighted by Crippen LogP contribution is -2.59. The lowest BCUT2D eigenvalue weighted by molar-refractivity contribution is -0.220. The van der Waals surface area contributed by atoms with E-state index in [2.05, 4.69) is 6.58 Å². The summed E-state index contributed by atoms with van der Waals surface area (Å²) in [7, 11) is 0. The van der Waals surface area contributed by atoms with Crippen molar-refractivity contribution in [3.8, 4) is 0 Å². The van der Waals surface area contributed by atoms with Crippen LogP contribution in [-0.2, 0) is 14.3 Å². The molecule has 1 rings (SSSR count). The first-order chi connectivity index (χ1) is 8.43. The van der Waals surface area contributed by atoms with Gasteiger partial charge in [-0.1, -0.05) is 6.58 Å². The van der Waals surface area contributed by atoms with Crippen LogP contribution in [0.25, 0.3) is 0 Å². The largest absolute Gasteiger partial charge is 0.463 e. The number of carbonyl (C=O) groups excluding carboxylic acids is 1. The molecule has 0 aromatic rings. The molecule has 1 aliphatic rings. The van der Waals surface area contributed by atoms with Gasteiger partial charge in [0.15, 0.2) is 0 Å². The van der Waals surface area contributed by atoms with Crippen LogP contribution in [-0.4, -0.2) is 70.1 Å². The first-order valence-electron chi connectivity index (χ1n) is 5.60. The fourth-order valence-corrected chi connectivity index (χ4v) is 1.73. The smallest absolute Gasteiger partial charge is 0.336 e. The molecule has 0 spiro atoms. The molecule has 1 heterocycles. The molecular weight excluding hydrogens is 244 g/mol. The number of carbonyl (C=O) groups is 1. The van der Waals surface area contributed by atoms with Crippen LogP contribution in [0.3, 0.4) is 0 Å². The lowest BCUT2D eigenvalue weighted by atomic mass is 9.91. The highest BCUT2D eigenvalue weighted by atomic mass is 16.6. The molecule has 0 bridgehead atoms. The predicted octanol–water partition coefficient (Wildman–Crippen LogP) is -2.05. The average Bonchev–Trinajstić information content (AvgIpc) is 2.36. The lowest BCUT2D eigenvalue weighted by Gasteiger charge is -2.40. The zero-order chi connectivity index (χ0) is 13.9. The molecule has 1 aliphatic heterocycles. The van der Waals surface area contributed by atoms with Gasteiger partial charge in [-0.2, -0.15) is 0 Å². The Morgan fingerprint density at radius 2 is 1.89 bits per heavy atom. The second kappa shape index (κ2) is 6.26. The van der Waals surface area contributed by atoms with Gasteiger partial charge in [0.1, 0.15) is 30.5 Å². The van der Waals surface area contributed by atoms with Gasteiger partial charge in [-0.3, -0.25) is 0 Å². The number of aliphatic hydroxyl groups is 4. The minimum absolute atomic E-state index is 0.134. The molecule has 0 aromatic carbocycles. The second-order valence-electron chi connectivity index (χ2n) is 4.00. The van der Waals surface area contributed by atoms with Crippen molar-refractivity contribution < 1.29 is 34.7 Å². The molecule has 4 N–H and O–H groups in total. The van der Waals surface area contributed by atoms with Crippen molar-refractivity contribution >= 4 is 5.97 Å². The Morgan fingerprint density at radius 1 is 1.28 bits per heavy atom. The van der Waals surface area contributed by atoms with Crippen molar-refractivity contribution in [2.45, 2.75) is 37.4 Å². The fourth-order valence-electron chi connectivity index (χ4n) is 1.73. The molecule has 0 aromatic heterocycles. The number of ether oxygens (including phenoxy) is 2. The van der Waals surface area contributed by atoms with E-state index in [-0.39, 0.29) is 12.2 Å². The Morgan fingerprint density at radius 3 is 2.39 bits per heavy atom. The predicted molar refractivity (Wildman–Crippen MR) is 59.5 cm³/mol. The van der Waals surface area contributed by atoms with Gasteiger partial charge >= 0.3 is 5.97 Å². The van der Waals surface area contributed by atoms with E-state index in [1.807, 2.05) is 0 Å². The Labute approximate surface area is 104 Å². The zero-order valence-corrected chi connectivity index (χ0v) is 10.0. The molecule has 1 saturated heterocycles. The van der Waals surface area contributed by atoms with Crippen LogP contribution in [0.2, 0.25) is 0 Å². The number of esters is 1. The maximum Gasteiger partial charge on any atom is 0.336 e. The van der Waals surface area contributed by atoms with E-state index in [9.17, 15) is 20.1 Å². The maximum atomic E-state index is 11.5. The first-order valence-corrected chi connectivity index (χ1v) is 5.60. The molecule has 5 atom stereocenters. The van der Waals surface area contributed by atoms with Crippen LogP contribution in [0.4, 0.5) is 0 Å². The van der Waals surface area contributed by atoms with Crippen molar-refractivity contribution in [3.63, 3.8) is 0 Å². The molecule has 0 aliphatic carbocycles. The summed E-state index contributed by atoms with van der Waals surface area (Å²) >= 11 is 0. The topological polar surface area (TPSA) is 116 Å². The standard InChI is InChI=1S/C11H18O7/c1-3-17-11(16)5(2)10-9(15)8(14)7(13)6(4-12)18-10/h6-10,12-15H,2-4H2,1H3/t6-,7+,8+,9-,10+/m1/s1. The minimum Gasteiger partial charge on any atom is -0.463 e. The van der Waals surface area contributed by atoms with Crippen LogP contribution in [0.1, 0.15) is 6.92 Å². The van der Waals surface area contributed by atoms with Gasteiger partial charge in [-0.25, -0.2) is 4.79 Å². The van der Waals surface area contributed by atoms with Gasteiger partial charge in [0, 0.05) is 0 Å². The van der Waals surface area contributed by atoms with E-state index >= 15 is 0 Å². The molecule has 7 nitrogen and oxygen atoms in total. The summed E-state index contributed by atoms with van der Waals surface area (Å²) in [4.78, 5) is 11.5. The third-order valence-corrected chi connectivity index (χ3v) is 2.77. The van der Waals surface area contributed by atoms with Gasteiger partial charge in [0.25, 0.3) is 0 Å². The summed E-state index contributed by atoms with van der Waals surface area (Å²) in [6, 6.07) is 0. The van der Waals surface area contributed by atoms with Crippen LogP contribution in [0.5, 0.6) is 0 Å². The van der Waals surface area contributed by atoms with E-state index in [1.54, 1.807) is 6.92 Å². The number of rotatable bonds is 4. The molecule has 0 saturated carbocycles. The summed E-state index contributed by atoms with van der Waals surface area (Å²) < 4.78 is 9.85. The Balaban J connectivity index is 2.81. The monoisotopic (exact) mass is 262 g/mol. The molecule has 104 valence electrons. The van der Waals surface area contributed by atoms with Crippen molar-refractivity contribution in [3.05, 3.63) is 12.2 Å². The van der Waals surface area contributed by atoms with Crippen molar-refractivity contribution in [2.75, 3.05) is 13.2 Å². The molecule has 1 fully saturated rings. The third-order valence-electron chi connectivity index (χ3n) is 2.77. The number of hydrogen-bond donors (Lipinski definition) is 4. The Hall–Kier alpha value is -0.990. The summed E-state index contributed by atoms with van der Waals surface area (Å²) in [6.45, 7) is 4.63. The highest BCUT2D eigenvalue weighted by Crippen LogP contribution is 2.25. The average molecular weight is 262 g/mol. The fraction of sp³-hybridized carbons (Fsp3) is 0.727. The molecule has 7 heteroatoms. The van der Waals surface area contributed by atoms with Crippen LogP contribution in [0.15, 0.2) is 12.2 Å². The summed E-state index contributed by atoms with van der Waals surface area (Å²) in [5, 5.41) is 37.8. The molecular formula is C11H18O7. The van der Waals surface area contributed by atoms with Crippen LogP contribution >= 0.6 is 0 Å². The van der Waals surface area contributed by atoms with Crippen molar-refractivity contribution in [2.24, 2.45) is 0 Å². The third kappa shape index (κ3) is 2.88. The van der Waals surface area contributed by atoms with Crippen molar-refractivity contribution in [1.29, 1.82) is 0 Å². The maximum absolute atomic E-state index is 11.5. The molecule has 18 heavy (non-hydrogen) atoms. The van der Waals surface area contributed by atoms with Gasteiger partial charge in [0.2, 0.25) is 0 Å². The molecule has 0 unspecified atom stereocenters. The van der Waals surface area contributed by atoms with Gasteiger partial charge < -0.3 is 29.9 Å². The van der Waals surface area contributed by atoms with E-state index in [0.717, 1.165) is 0 Å². The van der Waals surface area contributed by atoms with Crippen LogP contribution in [0, 0.1) is 0 Å². The highest BCUT2D eigenvalue weighted by Gasteiger charge is 2.45. The van der Waals surface area contributed by atoms with E-state index in [1.165, 1.54) is 0 Å². The minimum atomic E-state index is -1.54. The summed E-state index contributed by atoms with van der Waals surface area (Å²) in [5.41, 5.74) is -0.172. The number of aliphatic hydroxyl groups excluding tert-OH is 4. The first kappa shape index (κ1) is 15.1. The van der Waals surface area contributed by atoms with Crippen molar-refractivity contribution in [1.82, 2.24) is 0 Å².